The maximum Gasteiger partial charge on any atom is 0.306 e. The standard InChI is InChI=1S/C51H96O4/c1-3-5-7-9-11-13-15-17-19-21-23-25-26-27-28-30-32-34-36-38-40-42-44-46-51(53)55-50(48-52)49-54-47-45-43-41-39-37-35-33-31-29-24-22-20-18-16-14-12-10-8-6-4-2/h15,17-18,20-21,23,50,52H,3-14,16,19,22,24-49H2,1-2H3/b17-15-,20-18-,23-21-. The summed E-state index contributed by atoms with van der Waals surface area (Å²) in [7, 11) is 0. The molecule has 1 atom stereocenters. The number of aliphatic hydroxyl groups excluding tert-OH is 1. The first-order chi connectivity index (χ1) is 27.2. The van der Waals surface area contributed by atoms with Gasteiger partial charge in [0.2, 0.25) is 0 Å². The zero-order chi connectivity index (χ0) is 39.8. The highest BCUT2D eigenvalue weighted by molar-refractivity contribution is 5.69. The van der Waals surface area contributed by atoms with Gasteiger partial charge in [0.05, 0.1) is 13.2 Å². The number of carbonyl (C=O) groups excluding carboxylic acids is 1. The van der Waals surface area contributed by atoms with Crippen molar-refractivity contribution in [2.45, 2.75) is 264 Å². The molecule has 1 N–H and O–H groups in total. The number of ether oxygens (including phenoxy) is 2. The summed E-state index contributed by atoms with van der Waals surface area (Å²) in [5.41, 5.74) is 0. The van der Waals surface area contributed by atoms with Gasteiger partial charge in [-0.1, -0.05) is 217 Å². The van der Waals surface area contributed by atoms with Crippen molar-refractivity contribution < 1.29 is 19.4 Å². The average molecular weight is 773 g/mol. The maximum absolute atomic E-state index is 12.3. The van der Waals surface area contributed by atoms with Crippen LogP contribution in [0.2, 0.25) is 0 Å². The molecule has 0 heterocycles. The number of rotatable bonds is 46. The van der Waals surface area contributed by atoms with Gasteiger partial charge in [0.1, 0.15) is 6.10 Å². The molecule has 0 saturated carbocycles. The number of unbranched alkanes of at least 4 members (excludes halogenated alkanes) is 32. The predicted molar refractivity (Wildman–Crippen MR) is 242 cm³/mol. The fourth-order valence-electron chi connectivity index (χ4n) is 7.24. The van der Waals surface area contributed by atoms with E-state index in [-0.39, 0.29) is 12.6 Å². The Labute approximate surface area is 344 Å². The van der Waals surface area contributed by atoms with E-state index < -0.39 is 6.10 Å². The van der Waals surface area contributed by atoms with Gasteiger partial charge in [-0.05, 0) is 70.6 Å². The van der Waals surface area contributed by atoms with E-state index in [1.807, 2.05) is 0 Å². The second kappa shape index (κ2) is 48.8. The van der Waals surface area contributed by atoms with Crippen molar-refractivity contribution in [2.75, 3.05) is 19.8 Å². The molecular weight excluding hydrogens is 677 g/mol. The summed E-state index contributed by atoms with van der Waals surface area (Å²) in [6.07, 6.45) is 62.2. The first-order valence-corrected chi connectivity index (χ1v) is 24.6. The first kappa shape index (κ1) is 53.6. The van der Waals surface area contributed by atoms with E-state index in [0.717, 1.165) is 25.7 Å². The van der Waals surface area contributed by atoms with Crippen LogP contribution in [0.15, 0.2) is 36.5 Å². The van der Waals surface area contributed by atoms with Crippen LogP contribution in [0.4, 0.5) is 0 Å². The summed E-state index contributed by atoms with van der Waals surface area (Å²) in [5.74, 6) is -0.200. The smallest absolute Gasteiger partial charge is 0.306 e. The van der Waals surface area contributed by atoms with Gasteiger partial charge in [0.15, 0.2) is 0 Å². The Kier molecular flexibility index (Phi) is 47.5. The van der Waals surface area contributed by atoms with Crippen LogP contribution in [0.1, 0.15) is 258 Å². The molecule has 0 aromatic carbocycles. The number of hydrogen-bond acceptors (Lipinski definition) is 4. The van der Waals surface area contributed by atoms with Crippen molar-refractivity contribution in [1.82, 2.24) is 0 Å². The van der Waals surface area contributed by atoms with Gasteiger partial charge in [-0.3, -0.25) is 4.79 Å². The normalized spacial score (nSPS) is 12.6. The zero-order valence-electron chi connectivity index (χ0n) is 37.2. The molecule has 4 heteroatoms. The molecule has 0 aromatic heterocycles. The fourth-order valence-corrected chi connectivity index (χ4v) is 7.24. The number of esters is 1. The van der Waals surface area contributed by atoms with Crippen molar-refractivity contribution in [3.05, 3.63) is 36.5 Å². The summed E-state index contributed by atoms with van der Waals surface area (Å²) < 4.78 is 11.2. The van der Waals surface area contributed by atoms with E-state index >= 15 is 0 Å². The van der Waals surface area contributed by atoms with Crippen molar-refractivity contribution in [1.29, 1.82) is 0 Å². The molecule has 0 rings (SSSR count). The monoisotopic (exact) mass is 773 g/mol. The van der Waals surface area contributed by atoms with E-state index in [1.54, 1.807) is 0 Å². The quantitative estimate of drug-likeness (QED) is 0.0380. The second-order valence-corrected chi connectivity index (χ2v) is 16.5. The lowest BCUT2D eigenvalue weighted by Crippen LogP contribution is -2.27. The summed E-state index contributed by atoms with van der Waals surface area (Å²) in [4.78, 5) is 12.3. The van der Waals surface area contributed by atoms with Crippen LogP contribution in [-0.4, -0.2) is 37.0 Å². The largest absolute Gasteiger partial charge is 0.457 e. The van der Waals surface area contributed by atoms with E-state index in [0.29, 0.717) is 19.6 Å². The third-order valence-corrected chi connectivity index (χ3v) is 10.9. The summed E-state index contributed by atoms with van der Waals surface area (Å²) in [5, 5.41) is 9.64. The molecule has 0 radical (unpaired) electrons. The molecule has 0 aliphatic rings. The maximum atomic E-state index is 12.3. The molecular formula is C51H96O4. The Balaban J connectivity index is 3.40. The van der Waals surface area contributed by atoms with Gasteiger partial charge >= 0.3 is 5.97 Å². The molecule has 0 aliphatic carbocycles. The van der Waals surface area contributed by atoms with Crippen LogP contribution >= 0.6 is 0 Å². The van der Waals surface area contributed by atoms with Crippen LogP contribution < -0.4 is 0 Å². The average Bonchev–Trinajstić information content (AvgIpc) is 3.19. The predicted octanol–water partition coefficient (Wildman–Crippen LogP) is 16.4. The van der Waals surface area contributed by atoms with E-state index in [4.69, 9.17) is 9.47 Å². The van der Waals surface area contributed by atoms with Crippen molar-refractivity contribution in [2.24, 2.45) is 0 Å². The number of allylic oxidation sites excluding steroid dienone is 6. The minimum Gasteiger partial charge on any atom is -0.457 e. The highest BCUT2D eigenvalue weighted by Crippen LogP contribution is 2.15. The van der Waals surface area contributed by atoms with Gasteiger partial charge in [0, 0.05) is 13.0 Å². The van der Waals surface area contributed by atoms with Crippen molar-refractivity contribution >= 4 is 5.97 Å². The molecule has 0 aromatic rings. The molecule has 0 bridgehead atoms. The highest BCUT2D eigenvalue weighted by Gasteiger charge is 2.13. The fraction of sp³-hybridized carbons (Fsp3) is 0.863. The van der Waals surface area contributed by atoms with Crippen LogP contribution in [0.5, 0.6) is 0 Å². The lowest BCUT2D eigenvalue weighted by atomic mass is 10.0. The second-order valence-electron chi connectivity index (χ2n) is 16.5. The molecule has 324 valence electrons. The first-order valence-electron chi connectivity index (χ1n) is 24.6. The van der Waals surface area contributed by atoms with Crippen LogP contribution in [0.25, 0.3) is 0 Å². The number of aliphatic hydroxyl groups is 1. The van der Waals surface area contributed by atoms with Crippen molar-refractivity contribution in [3.8, 4) is 0 Å². The third kappa shape index (κ3) is 46.9. The van der Waals surface area contributed by atoms with E-state index in [2.05, 4.69) is 50.3 Å². The van der Waals surface area contributed by atoms with Crippen LogP contribution in [0, 0.1) is 0 Å². The van der Waals surface area contributed by atoms with Gasteiger partial charge in [0.25, 0.3) is 0 Å². The topological polar surface area (TPSA) is 55.8 Å². The Morgan fingerprint density at radius 3 is 1.15 bits per heavy atom. The lowest BCUT2D eigenvalue weighted by molar-refractivity contribution is -0.154. The molecule has 4 nitrogen and oxygen atoms in total. The lowest BCUT2D eigenvalue weighted by Gasteiger charge is -2.16. The highest BCUT2D eigenvalue weighted by atomic mass is 16.6. The Morgan fingerprint density at radius 1 is 0.436 bits per heavy atom. The molecule has 55 heavy (non-hydrogen) atoms. The Hall–Kier alpha value is -1.39. The summed E-state index contributed by atoms with van der Waals surface area (Å²) >= 11 is 0. The van der Waals surface area contributed by atoms with Gasteiger partial charge in [-0.15, -0.1) is 0 Å². The Morgan fingerprint density at radius 2 is 0.764 bits per heavy atom. The molecule has 0 amide bonds. The van der Waals surface area contributed by atoms with Crippen molar-refractivity contribution in [3.63, 3.8) is 0 Å². The molecule has 1 unspecified atom stereocenters. The minimum atomic E-state index is -0.535. The van der Waals surface area contributed by atoms with Crippen LogP contribution in [-0.2, 0) is 14.3 Å². The Bertz CT molecular complexity index is 818. The number of carbonyl (C=O) groups is 1. The summed E-state index contributed by atoms with van der Waals surface area (Å²) in [6.45, 7) is 5.36. The van der Waals surface area contributed by atoms with Gasteiger partial charge in [-0.25, -0.2) is 0 Å². The van der Waals surface area contributed by atoms with E-state index in [1.165, 1.54) is 212 Å². The zero-order valence-corrected chi connectivity index (χ0v) is 37.2. The van der Waals surface area contributed by atoms with Gasteiger partial charge < -0.3 is 14.6 Å². The number of hydrogen-bond donors (Lipinski definition) is 1. The molecule has 0 spiro atoms. The third-order valence-electron chi connectivity index (χ3n) is 10.9. The SMILES string of the molecule is CCCCCCC/C=C\C/C=C\CCCCCCCCCCCCCC(=O)OC(CO)COCCCCCCCCCCCC/C=C\CCCCCCCC. The molecule has 0 fully saturated rings. The van der Waals surface area contributed by atoms with Crippen LogP contribution in [0.3, 0.4) is 0 Å². The summed E-state index contributed by atoms with van der Waals surface area (Å²) in [6, 6.07) is 0. The van der Waals surface area contributed by atoms with E-state index in [9.17, 15) is 9.90 Å². The molecule has 0 saturated heterocycles. The van der Waals surface area contributed by atoms with Gasteiger partial charge in [-0.2, -0.15) is 0 Å². The minimum absolute atomic E-state index is 0.171. The molecule has 0 aliphatic heterocycles.